The largest absolute Gasteiger partial charge is 0.503 e. The van der Waals surface area contributed by atoms with Crippen molar-refractivity contribution in [2.24, 2.45) is 0 Å². The van der Waals surface area contributed by atoms with E-state index in [-0.39, 0.29) is 29.4 Å². The van der Waals surface area contributed by atoms with Crippen molar-refractivity contribution in [1.82, 2.24) is 14.8 Å². The molecule has 10 heteroatoms. The Morgan fingerprint density at radius 3 is 2.77 bits per heavy atom. The fraction of sp³-hybridized carbons (Fsp3) is 0.350. The quantitative estimate of drug-likeness (QED) is 0.718. The summed E-state index contributed by atoms with van der Waals surface area (Å²) in [6, 6.07) is 1.97. The number of rotatable bonds is 4. The SMILES string of the molecule is CCN1C[C@@H]2CCc3c(C(=O)NCc4ccc(F)c(Cl)c4F)c(=O)c(O)c(n32)C1=O. The van der Waals surface area contributed by atoms with Gasteiger partial charge < -0.3 is 19.9 Å². The van der Waals surface area contributed by atoms with Gasteiger partial charge in [-0.2, -0.15) is 0 Å². The van der Waals surface area contributed by atoms with E-state index in [1.54, 1.807) is 16.4 Å². The van der Waals surface area contributed by atoms with E-state index in [2.05, 4.69) is 5.32 Å². The maximum Gasteiger partial charge on any atom is 0.274 e. The van der Waals surface area contributed by atoms with E-state index < -0.39 is 39.6 Å². The first kappa shape index (κ1) is 20.3. The Morgan fingerprint density at radius 2 is 2.07 bits per heavy atom. The number of likely N-dealkylation sites (N-methyl/N-ethyl adjacent to an activating group) is 1. The molecule has 2 N–H and O–H groups in total. The Kier molecular flexibility index (Phi) is 5.01. The van der Waals surface area contributed by atoms with E-state index in [9.17, 15) is 28.3 Å². The molecule has 1 aromatic heterocycles. The average Bonchev–Trinajstić information content (AvgIpc) is 3.13. The summed E-state index contributed by atoms with van der Waals surface area (Å²) in [6.45, 7) is 2.34. The van der Waals surface area contributed by atoms with Gasteiger partial charge in [0, 0.05) is 30.9 Å². The summed E-state index contributed by atoms with van der Waals surface area (Å²) in [5.41, 5.74) is -1.00. The number of hydrogen-bond acceptors (Lipinski definition) is 4. The van der Waals surface area contributed by atoms with Crippen LogP contribution in [0.2, 0.25) is 5.02 Å². The standard InChI is InChI=1S/C20H18ClF2N3O4/c1-2-25-8-10-4-6-12-13(17(27)18(28)16(20(25)30)26(10)12)19(29)24-7-9-3-5-11(22)14(21)15(9)23/h3,5,10,28H,2,4,6-8H2,1H3,(H,24,29)/t10-/m0/s1. The number of nitrogens with one attached hydrogen (secondary N) is 1. The summed E-state index contributed by atoms with van der Waals surface area (Å²) in [6.07, 6.45) is 1.000. The van der Waals surface area contributed by atoms with Gasteiger partial charge in [0.1, 0.15) is 22.2 Å². The van der Waals surface area contributed by atoms with Gasteiger partial charge in [-0.25, -0.2) is 8.78 Å². The predicted octanol–water partition coefficient (Wildman–Crippen LogP) is 2.38. The number of hydrogen-bond donors (Lipinski definition) is 2. The van der Waals surface area contributed by atoms with Crippen LogP contribution in [0.25, 0.3) is 0 Å². The van der Waals surface area contributed by atoms with Crippen molar-refractivity contribution < 1.29 is 23.5 Å². The molecule has 2 aliphatic rings. The molecule has 0 spiro atoms. The maximum absolute atomic E-state index is 14.1. The smallest absolute Gasteiger partial charge is 0.274 e. The fourth-order valence-corrected chi connectivity index (χ4v) is 4.33. The van der Waals surface area contributed by atoms with Crippen LogP contribution in [0.4, 0.5) is 8.78 Å². The van der Waals surface area contributed by atoms with Gasteiger partial charge in [-0.1, -0.05) is 17.7 Å². The maximum atomic E-state index is 14.1. The van der Waals surface area contributed by atoms with E-state index in [0.717, 1.165) is 12.1 Å². The molecule has 3 heterocycles. The van der Waals surface area contributed by atoms with Crippen molar-refractivity contribution in [1.29, 1.82) is 0 Å². The lowest BCUT2D eigenvalue weighted by Crippen LogP contribution is -2.44. The van der Waals surface area contributed by atoms with Crippen LogP contribution in [-0.4, -0.2) is 39.5 Å². The Bertz CT molecular complexity index is 1150. The molecular weight excluding hydrogens is 420 g/mol. The van der Waals surface area contributed by atoms with Crippen molar-refractivity contribution >= 4 is 23.4 Å². The van der Waals surface area contributed by atoms with Crippen molar-refractivity contribution in [3.63, 3.8) is 0 Å². The lowest BCUT2D eigenvalue weighted by molar-refractivity contribution is 0.0676. The number of amides is 2. The summed E-state index contributed by atoms with van der Waals surface area (Å²) in [5.74, 6) is -3.97. The van der Waals surface area contributed by atoms with Gasteiger partial charge in [0.2, 0.25) is 5.43 Å². The number of halogens is 3. The zero-order valence-corrected chi connectivity index (χ0v) is 16.7. The zero-order chi connectivity index (χ0) is 21.7. The van der Waals surface area contributed by atoms with Gasteiger partial charge in [-0.3, -0.25) is 14.4 Å². The number of aromatic hydroxyl groups is 1. The van der Waals surface area contributed by atoms with Crippen LogP contribution in [0.1, 0.15) is 51.5 Å². The highest BCUT2D eigenvalue weighted by molar-refractivity contribution is 6.30. The first-order valence-corrected chi connectivity index (χ1v) is 9.84. The molecule has 0 saturated heterocycles. The molecule has 158 valence electrons. The number of benzene rings is 1. The number of aromatic nitrogens is 1. The molecule has 0 bridgehead atoms. The van der Waals surface area contributed by atoms with Gasteiger partial charge in [0.25, 0.3) is 11.8 Å². The van der Waals surface area contributed by atoms with Gasteiger partial charge in [0.15, 0.2) is 11.4 Å². The van der Waals surface area contributed by atoms with Crippen molar-refractivity contribution in [2.75, 3.05) is 13.1 Å². The minimum absolute atomic E-state index is 0.0555. The predicted molar refractivity (Wildman–Crippen MR) is 104 cm³/mol. The molecule has 2 amide bonds. The number of nitrogens with zero attached hydrogens (tertiary/aromatic N) is 2. The Balaban J connectivity index is 1.71. The number of pyridine rings is 1. The van der Waals surface area contributed by atoms with E-state index in [4.69, 9.17) is 11.6 Å². The molecule has 0 saturated carbocycles. The molecule has 1 aromatic carbocycles. The number of carbonyl (C=O) groups is 2. The summed E-state index contributed by atoms with van der Waals surface area (Å²) in [4.78, 5) is 39.7. The van der Waals surface area contributed by atoms with E-state index in [1.165, 1.54) is 0 Å². The third-order valence-electron chi connectivity index (χ3n) is 5.65. The molecule has 2 aliphatic heterocycles. The monoisotopic (exact) mass is 437 g/mol. The summed E-state index contributed by atoms with van der Waals surface area (Å²) < 4.78 is 29.0. The summed E-state index contributed by atoms with van der Waals surface area (Å²) >= 11 is 5.55. The molecule has 0 unspecified atom stereocenters. The molecule has 7 nitrogen and oxygen atoms in total. The van der Waals surface area contributed by atoms with Crippen molar-refractivity contribution in [3.05, 3.63) is 61.5 Å². The van der Waals surface area contributed by atoms with Crippen LogP contribution in [0.15, 0.2) is 16.9 Å². The number of carbonyl (C=O) groups excluding carboxylic acids is 2. The van der Waals surface area contributed by atoms with Gasteiger partial charge in [-0.05, 0) is 25.8 Å². The second-order valence-electron chi connectivity index (χ2n) is 7.27. The second kappa shape index (κ2) is 7.39. The van der Waals surface area contributed by atoms with Crippen LogP contribution >= 0.6 is 11.6 Å². The Morgan fingerprint density at radius 1 is 1.33 bits per heavy atom. The molecule has 0 aliphatic carbocycles. The molecular formula is C20H18ClF2N3O4. The zero-order valence-electron chi connectivity index (χ0n) is 16.0. The Hall–Kier alpha value is -2.94. The summed E-state index contributed by atoms with van der Waals surface area (Å²) in [7, 11) is 0. The lowest BCUT2D eigenvalue weighted by Gasteiger charge is -2.34. The van der Waals surface area contributed by atoms with Crippen LogP contribution in [0.3, 0.4) is 0 Å². The topological polar surface area (TPSA) is 91.6 Å². The van der Waals surface area contributed by atoms with E-state index in [1.807, 2.05) is 0 Å². The van der Waals surface area contributed by atoms with Gasteiger partial charge in [0.05, 0.1) is 6.04 Å². The van der Waals surface area contributed by atoms with Gasteiger partial charge in [-0.15, -0.1) is 0 Å². The normalized spacial score (nSPS) is 17.3. The fourth-order valence-electron chi connectivity index (χ4n) is 4.14. The lowest BCUT2D eigenvalue weighted by atomic mass is 10.1. The minimum Gasteiger partial charge on any atom is -0.503 e. The average molecular weight is 438 g/mol. The highest BCUT2D eigenvalue weighted by Gasteiger charge is 2.40. The van der Waals surface area contributed by atoms with Crippen LogP contribution in [0, 0.1) is 11.6 Å². The van der Waals surface area contributed by atoms with Gasteiger partial charge >= 0.3 is 0 Å². The first-order valence-electron chi connectivity index (χ1n) is 9.46. The first-order chi connectivity index (χ1) is 14.3. The van der Waals surface area contributed by atoms with Crippen LogP contribution < -0.4 is 10.7 Å². The molecule has 0 radical (unpaired) electrons. The second-order valence-corrected chi connectivity index (χ2v) is 7.65. The van der Waals surface area contributed by atoms with E-state index >= 15 is 0 Å². The van der Waals surface area contributed by atoms with Crippen molar-refractivity contribution in [3.8, 4) is 5.75 Å². The Labute approximate surface area is 174 Å². The molecule has 4 rings (SSSR count). The minimum atomic E-state index is -1.00. The van der Waals surface area contributed by atoms with E-state index in [0.29, 0.717) is 31.6 Å². The molecule has 30 heavy (non-hydrogen) atoms. The van der Waals surface area contributed by atoms with Crippen molar-refractivity contribution in [2.45, 2.75) is 32.4 Å². The third-order valence-corrected chi connectivity index (χ3v) is 6.00. The third kappa shape index (κ3) is 2.96. The van der Waals surface area contributed by atoms with Crippen LogP contribution in [0.5, 0.6) is 5.75 Å². The molecule has 0 fully saturated rings. The molecule has 1 atom stereocenters. The van der Waals surface area contributed by atoms with Crippen LogP contribution in [-0.2, 0) is 13.0 Å². The summed E-state index contributed by atoms with van der Waals surface area (Å²) in [5, 5.41) is 12.2. The highest BCUT2D eigenvalue weighted by Crippen LogP contribution is 2.36. The molecule has 2 aromatic rings. The highest BCUT2D eigenvalue weighted by atomic mass is 35.5.